The van der Waals surface area contributed by atoms with Gasteiger partial charge in [0.25, 0.3) is 0 Å². The molecule has 0 amide bonds. The van der Waals surface area contributed by atoms with Crippen molar-refractivity contribution in [2.75, 3.05) is 19.0 Å². The van der Waals surface area contributed by atoms with Crippen molar-refractivity contribution in [1.82, 2.24) is 4.72 Å². The summed E-state index contributed by atoms with van der Waals surface area (Å²) in [6.45, 7) is 7.86. The molecule has 0 aromatic carbocycles. The fourth-order valence-corrected chi connectivity index (χ4v) is 2.17. The number of hydrogen-bond acceptors (Lipinski definition) is 4. The first kappa shape index (κ1) is 15.4. The van der Waals surface area contributed by atoms with Gasteiger partial charge in [0, 0.05) is 6.61 Å². The molecule has 0 heterocycles. The molecule has 0 saturated carbocycles. The third-order valence-electron chi connectivity index (χ3n) is 1.99. The van der Waals surface area contributed by atoms with Crippen LogP contribution in [-0.2, 0) is 14.8 Å². The smallest absolute Gasteiger partial charge is 0.215 e. The Hall–Kier alpha value is -0.640. The number of nitrogens with zero attached hydrogens (tertiary/aromatic N) is 1. The minimum atomic E-state index is -3.45. The third-order valence-corrected chi connectivity index (χ3v) is 3.29. The van der Waals surface area contributed by atoms with Crippen LogP contribution in [0.3, 0.4) is 0 Å². The van der Waals surface area contributed by atoms with Crippen molar-refractivity contribution in [2.24, 2.45) is 5.41 Å². The molecule has 0 aliphatic carbocycles. The Morgan fingerprint density at radius 2 is 2.00 bits per heavy atom. The third kappa shape index (κ3) is 6.05. The summed E-state index contributed by atoms with van der Waals surface area (Å²) in [5.74, 6) is -0.116. The van der Waals surface area contributed by atoms with Crippen LogP contribution in [0.5, 0.6) is 0 Å². The molecule has 0 spiro atoms. The van der Waals surface area contributed by atoms with Gasteiger partial charge < -0.3 is 4.74 Å². The fourth-order valence-electron chi connectivity index (χ4n) is 0.948. The Kier molecular flexibility index (Phi) is 5.94. The van der Waals surface area contributed by atoms with Gasteiger partial charge in [0.15, 0.2) is 0 Å². The van der Waals surface area contributed by atoms with E-state index < -0.39 is 21.5 Å². The van der Waals surface area contributed by atoms with Crippen LogP contribution in [0, 0.1) is 16.7 Å². The van der Waals surface area contributed by atoms with Gasteiger partial charge in [-0.3, -0.25) is 0 Å². The molecule has 0 rings (SSSR count). The summed E-state index contributed by atoms with van der Waals surface area (Å²) in [7, 11) is -3.45. The van der Waals surface area contributed by atoms with Crippen molar-refractivity contribution >= 4 is 10.0 Å². The van der Waals surface area contributed by atoms with Crippen LogP contribution in [0.25, 0.3) is 0 Å². The van der Waals surface area contributed by atoms with Gasteiger partial charge in [0.1, 0.15) is 6.04 Å². The van der Waals surface area contributed by atoms with Crippen molar-refractivity contribution in [2.45, 2.75) is 33.7 Å². The molecular weight excluding hydrogens is 228 g/mol. The molecule has 6 heteroatoms. The summed E-state index contributed by atoms with van der Waals surface area (Å²) in [4.78, 5) is 0. The molecule has 1 atom stereocenters. The second-order valence-corrected chi connectivity index (χ2v) is 6.44. The summed E-state index contributed by atoms with van der Waals surface area (Å²) in [5, 5.41) is 8.89. The molecule has 16 heavy (non-hydrogen) atoms. The fraction of sp³-hybridized carbons (Fsp3) is 0.900. The second kappa shape index (κ2) is 6.18. The quantitative estimate of drug-likeness (QED) is 0.708. The first-order valence-electron chi connectivity index (χ1n) is 5.20. The number of rotatable bonds is 6. The Bertz CT molecular complexity index is 338. The van der Waals surface area contributed by atoms with Crippen molar-refractivity contribution in [1.29, 1.82) is 5.26 Å². The van der Waals surface area contributed by atoms with E-state index in [1.165, 1.54) is 0 Å². The normalized spacial score (nSPS) is 14.4. The summed E-state index contributed by atoms with van der Waals surface area (Å²) in [5.41, 5.74) is -0.423. The van der Waals surface area contributed by atoms with Crippen LogP contribution in [0.2, 0.25) is 0 Å². The highest BCUT2D eigenvalue weighted by Crippen LogP contribution is 2.19. The predicted molar refractivity (Wildman–Crippen MR) is 62.3 cm³/mol. The van der Waals surface area contributed by atoms with Gasteiger partial charge in [0.05, 0.1) is 18.4 Å². The van der Waals surface area contributed by atoms with E-state index >= 15 is 0 Å². The second-order valence-electron chi connectivity index (χ2n) is 4.56. The molecule has 0 radical (unpaired) electrons. The number of sulfonamides is 1. The zero-order valence-electron chi connectivity index (χ0n) is 10.3. The molecule has 0 aliphatic heterocycles. The molecular formula is C10H20N2O3S. The van der Waals surface area contributed by atoms with E-state index in [9.17, 15) is 8.42 Å². The topological polar surface area (TPSA) is 79.2 Å². The Morgan fingerprint density at radius 1 is 1.44 bits per heavy atom. The summed E-state index contributed by atoms with van der Waals surface area (Å²) in [6.07, 6.45) is 0. The SMILES string of the molecule is CCOCCS(=O)(=O)NC(C#N)C(C)(C)C. The monoisotopic (exact) mass is 248 g/mol. The average molecular weight is 248 g/mol. The minimum Gasteiger partial charge on any atom is -0.381 e. The van der Waals surface area contributed by atoms with Crippen molar-refractivity contribution < 1.29 is 13.2 Å². The van der Waals surface area contributed by atoms with Crippen LogP contribution >= 0.6 is 0 Å². The molecule has 94 valence electrons. The lowest BCUT2D eigenvalue weighted by Crippen LogP contribution is -2.44. The molecule has 0 aliphatic rings. The zero-order valence-corrected chi connectivity index (χ0v) is 11.1. The molecule has 0 aromatic heterocycles. The van der Waals surface area contributed by atoms with E-state index in [1.807, 2.05) is 26.8 Å². The van der Waals surface area contributed by atoms with E-state index in [0.29, 0.717) is 6.61 Å². The highest BCUT2D eigenvalue weighted by atomic mass is 32.2. The molecule has 0 bridgehead atoms. The van der Waals surface area contributed by atoms with E-state index in [-0.39, 0.29) is 12.4 Å². The van der Waals surface area contributed by atoms with E-state index in [4.69, 9.17) is 10.00 Å². The highest BCUT2D eigenvalue weighted by Gasteiger charge is 2.28. The highest BCUT2D eigenvalue weighted by molar-refractivity contribution is 7.89. The summed E-state index contributed by atoms with van der Waals surface area (Å²) < 4.78 is 30.5. The zero-order chi connectivity index (χ0) is 12.8. The standard InChI is InChI=1S/C10H20N2O3S/c1-5-15-6-7-16(13,14)12-9(8-11)10(2,3)4/h9,12H,5-7H2,1-4H3. The molecule has 0 saturated heterocycles. The number of nitriles is 1. The van der Waals surface area contributed by atoms with Crippen LogP contribution in [0.1, 0.15) is 27.7 Å². The van der Waals surface area contributed by atoms with Crippen LogP contribution < -0.4 is 4.72 Å². The van der Waals surface area contributed by atoms with Crippen molar-refractivity contribution in [3.63, 3.8) is 0 Å². The van der Waals surface area contributed by atoms with Gasteiger partial charge in [-0.2, -0.15) is 9.98 Å². The molecule has 5 nitrogen and oxygen atoms in total. The van der Waals surface area contributed by atoms with Crippen LogP contribution in [0.15, 0.2) is 0 Å². The van der Waals surface area contributed by atoms with Gasteiger partial charge >= 0.3 is 0 Å². The van der Waals surface area contributed by atoms with Gasteiger partial charge in [-0.05, 0) is 12.3 Å². The largest absolute Gasteiger partial charge is 0.381 e. The summed E-state index contributed by atoms with van der Waals surface area (Å²) >= 11 is 0. The van der Waals surface area contributed by atoms with Crippen LogP contribution in [-0.4, -0.2) is 33.4 Å². The van der Waals surface area contributed by atoms with Crippen LogP contribution in [0.4, 0.5) is 0 Å². The minimum absolute atomic E-state index is 0.116. The van der Waals surface area contributed by atoms with E-state index in [2.05, 4.69) is 4.72 Å². The maximum absolute atomic E-state index is 11.6. The van der Waals surface area contributed by atoms with Crippen molar-refractivity contribution in [3.8, 4) is 6.07 Å². The molecule has 1 N–H and O–H groups in total. The van der Waals surface area contributed by atoms with Gasteiger partial charge in [-0.1, -0.05) is 20.8 Å². The Balaban J connectivity index is 4.41. The lowest BCUT2D eigenvalue weighted by molar-refractivity contribution is 0.163. The number of hydrogen-bond donors (Lipinski definition) is 1. The molecule has 0 aromatic rings. The van der Waals surface area contributed by atoms with Gasteiger partial charge in [0.2, 0.25) is 10.0 Å². The number of ether oxygens (including phenoxy) is 1. The lowest BCUT2D eigenvalue weighted by atomic mass is 9.88. The lowest BCUT2D eigenvalue weighted by Gasteiger charge is -2.25. The first-order chi connectivity index (χ1) is 7.23. The van der Waals surface area contributed by atoms with Gasteiger partial charge in [-0.15, -0.1) is 0 Å². The van der Waals surface area contributed by atoms with E-state index in [1.54, 1.807) is 6.92 Å². The molecule has 0 fully saturated rings. The summed E-state index contributed by atoms with van der Waals surface area (Å²) in [6, 6.07) is 1.23. The van der Waals surface area contributed by atoms with E-state index in [0.717, 1.165) is 0 Å². The average Bonchev–Trinajstić information content (AvgIpc) is 2.12. The Morgan fingerprint density at radius 3 is 2.38 bits per heavy atom. The maximum atomic E-state index is 11.6. The Labute approximate surface area is 97.8 Å². The first-order valence-corrected chi connectivity index (χ1v) is 6.85. The molecule has 1 unspecified atom stereocenters. The predicted octanol–water partition coefficient (Wildman–Crippen LogP) is 0.881. The van der Waals surface area contributed by atoms with Crippen molar-refractivity contribution in [3.05, 3.63) is 0 Å². The maximum Gasteiger partial charge on any atom is 0.215 e. The van der Waals surface area contributed by atoms with Gasteiger partial charge in [-0.25, -0.2) is 8.42 Å². The number of nitrogens with one attached hydrogen (secondary N) is 1.